The van der Waals surface area contributed by atoms with Gasteiger partial charge in [-0.2, -0.15) is 10.3 Å². The molecule has 0 aromatic heterocycles. The Balaban J connectivity index is 2.71. The van der Waals surface area contributed by atoms with Gasteiger partial charge in [-0.25, -0.2) is 0 Å². The topological polar surface area (TPSA) is 48.2 Å². The third-order valence-corrected chi connectivity index (χ3v) is 1.49. The van der Waals surface area contributed by atoms with Crippen LogP contribution in [0, 0.1) is 18.4 Å². The lowest BCUT2D eigenvalue weighted by molar-refractivity contribution is 1.43. The van der Waals surface area contributed by atoms with Crippen molar-refractivity contribution in [3.8, 4) is 6.19 Å². The summed E-state index contributed by atoms with van der Waals surface area (Å²) in [6, 6.07) is 7.80. The molecule has 0 radical (unpaired) electrons. The van der Waals surface area contributed by atoms with E-state index in [-0.39, 0.29) is 0 Å². The maximum absolute atomic E-state index is 8.13. The number of aryl methyl sites for hydroxylation is 1. The fourth-order valence-electron chi connectivity index (χ4n) is 0.866. The first-order valence-corrected chi connectivity index (χ1v) is 3.57. The second-order valence-corrected chi connectivity index (χ2v) is 2.32. The first-order chi connectivity index (χ1) is 5.84. The zero-order valence-corrected chi connectivity index (χ0v) is 6.78. The third-order valence-electron chi connectivity index (χ3n) is 1.49. The van der Waals surface area contributed by atoms with E-state index in [1.165, 1.54) is 6.34 Å². The highest BCUT2D eigenvalue weighted by Gasteiger charge is 1.91. The zero-order chi connectivity index (χ0) is 8.81. The lowest BCUT2D eigenvalue weighted by atomic mass is 10.2. The van der Waals surface area contributed by atoms with E-state index in [2.05, 4.69) is 10.3 Å². The molecule has 3 nitrogen and oxygen atoms in total. The molecule has 1 rings (SSSR count). The Labute approximate surface area is 71.4 Å². The highest BCUT2D eigenvalue weighted by Crippen LogP contribution is 2.11. The van der Waals surface area contributed by atoms with Crippen LogP contribution in [-0.2, 0) is 0 Å². The van der Waals surface area contributed by atoms with Crippen LogP contribution in [0.25, 0.3) is 0 Å². The second-order valence-electron chi connectivity index (χ2n) is 2.32. The molecule has 12 heavy (non-hydrogen) atoms. The Hall–Kier alpha value is -1.82. The van der Waals surface area contributed by atoms with Gasteiger partial charge in [0.05, 0.1) is 0 Å². The van der Waals surface area contributed by atoms with Crippen LogP contribution in [0.3, 0.4) is 0 Å². The molecule has 0 saturated carbocycles. The molecule has 0 aliphatic rings. The van der Waals surface area contributed by atoms with E-state index in [1.807, 2.05) is 31.2 Å². The van der Waals surface area contributed by atoms with E-state index < -0.39 is 0 Å². The number of anilines is 1. The van der Waals surface area contributed by atoms with E-state index in [0.29, 0.717) is 0 Å². The van der Waals surface area contributed by atoms with Gasteiger partial charge < -0.3 is 5.32 Å². The molecule has 60 valence electrons. The molecule has 3 heteroatoms. The molecule has 0 spiro atoms. The second kappa shape index (κ2) is 4.14. The standard InChI is InChI=1S/C9H9N3/c1-8-4-2-3-5-9(8)12-7-11-6-10/h2-5,7H,1H3,(H,11,12). The van der Waals surface area contributed by atoms with E-state index >= 15 is 0 Å². The number of benzene rings is 1. The molecule has 1 aromatic rings. The van der Waals surface area contributed by atoms with Crippen LogP contribution >= 0.6 is 0 Å². The molecule has 1 N–H and O–H groups in total. The Kier molecular flexibility index (Phi) is 2.86. The molecular formula is C9H9N3. The van der Waals surface area contributed by atoms with Crippen LogP contribution in [0.4, 0.5) is 5.69 Å². The van der Waals surface area contributed by atoms with E-state index in [0.717, 1.165) is 11.3 Å². The number of hydrogen-bond acceptors (Lipinski definition) is 2. The minimum absolute atomic E-state index is 0.969. The number of nitriles is 1. The number of para-hydroxylation sites is 1. The summed E-state index contributed by atoms with van der Waals surface area (Å²) in [5.41, 5.74) is 2.10. The average Bonchev–Trinajstić information content (AvgIpc) is 2.09. The van der Waals surface area contributed by atoms with Crippen molar-refractivity contribution >= 4 is 12.0 Å². The van der Waals surface area contributed by atoms with Crippen LogP contribution in [0.1, 0.15) is 5.56 Å². The van der Waals surface area contributed by atoms with Crippen molar-refractivity contribution < 1.29 is 0 Å². The minimum Gasteiger partial charge on any atom is -0.345 e. The fourth-order valence-corrected chi connectivity index (χ4v) is 0.866. The van der Waals surface area contributed by atoms with E-state index in [1.54, 1.807) is 6.19 Å². The first kappa shape index (κ1) is 8.28. The summed E-state index contributed by atoms with van der Waals surface area (Å²) in [7, 11) is 0. The normalized spacial score (nSPS) is 9.67. The summed E-state index contributed by atoms with van der Waals surface area (Å²) in [5, 5.41) is 11.0. The lowest BCUT2D eigenvalue weighted by Crippen LogP contribution is -1.95. The average molecular weight is 159 g/mol. The number of hydrogen-bond donors (Lipinski definition) is 1. The highest BCUT2D eigenvalue weighted by molar-refractivity contribution is 5.77. The van der Waals surface area contributed by atoms with Gasteiger partial charge >= 0.3 is 0 Å². The molecule has 0 aliphatic heterocycles. The molecule has 0 atom stereocenters. The summed E-state index contributed by atoms with van der Waals surface area (Å²) in [5.74, 6) is 0. The Morgan fingerprint density at radius 2 is 2.25 bits per heavy atom. The molecule has 0 amide bonds. The van der Waals surface area contributed by atoms with Gasteiger partial charge in [-0.15, -0.1) is 0 Å². The molecule has 0 fully saturated rings. The number of nitrogens with one attached hydrogen (secondary N) is 1. The fraction of sp³-hybridized carbons (Fsp3) is 0.111. The van der Waals surface area contributed by atoms with Gasteiger partial charge in [0.2, 0.25) is 6.19 Å². The Bertz CT molecular complexity index is 323. The molecule has 0 aliphatic carbocycles. The van der Waals surface area contributed by atoms with Crippen LogP contribution in [0.5, 0.6) is 0 Å². The summed E-state index contributed by atoms with van der Waals surface area (Å²) in [4.78, 5) is 3.38. The largest absolute Gasteiger partial charge is 0.345 e. The van der Waals surface area contributed by atoms with Gasteiger partial charge in [-0.3, -0.25) is 0 Å². The quantitative estimate of drug-likeness (QED) is 0.407. The molecule has 1 aromatic carbocycles. The van der Waals surface area contributed by atoms with Crippen LogP contribution in [-0.4, -0.2) is 6.34 Å². The van der Waals surface area contributed by atoms with Gasteiger partial charge in [0.1, 0.15) is 6.34 Å². The maximum Gasteiger partial charge on any atom is 0.207 e. The van der Waals surface area contributed by atoms with Crippen LogP contribution in [0.15, 0.2) is 29.3 Å². The van der Waals surface area contributed by atoms with Crippen molar-refractivity contribution in [3.05, 3.63) is 29.8 Å². The zero-order valence-electron chi connectivity index (χ0n) is 6.78. The Morgan fingerprint density at radius 1 is 1.50 bits per heavy atom. The van der Waals surface area contributed by atoms with Crippen molar-refractivity contribution in [1.29, 1.82) is 5.26 Å². The summed E-state index contributed by atoms with van der Waals surface area (Å²) in [6.45, 7) is 1.99. The minimum atomic E-state index is 0.969. The molecule has 0 unspecified atom stereocenters. The molecule has 0 saturated heterocycles. The van der Waals surface area contributed by atoms with Crippen molar-refractivity contribution in [3.63, 3.8) is 0 Å². The van der Waals surface area contributed by atoms with Gasteiger partial charge in [-0.1, -0.05) is 18.2 Å². The van der Waals surface area contributed by atoms with E-state index in [4.69, 9.17) is 5.26 Å². The van der Waals surface area contributed by atoms with Crippen molar-refractivity contribution in [2.75, 3.05) is 5.32 Å². The predicted molar refractivity (Wildman–Crippen MR) is 48.9 cm³/mol. The number of rotatable bonds is 2. The van der Waals surface area contributed by atoms with Gasteiger partial charge in [0.15, 0.2) is 0 Å². The van der Waals surface area contributed by atoms with Crippen molar-refractivity contribution in [2.24, 2.45) is 4.99 Å². The van der Waals surface area contributed by atoms with Crippen molar-refractivity contribution in [1.82, 2.24) is 0 Å². The summed E-state index contributed by atoms with van der Waals surface area (Å²) >= 11 is 0. The monoisotopic (exact) mass is 159 g/mol. The van der Waals surface area contributed by atoms with Gasteiger partial charge in [0, 0.05) is 5.69 Å². The number of aliphatic imine (C=N–C) groups is 1. The maximum atomic E-state index is 8.13. The number of nitrogens with zero attached hydrogens (tertiary/aromatic N) is 2. The smallest absolute Gasteiger partial charge is 0.207 e. The lowest BCUT2D eigenvalue weighted by Gasteiger charge is -2.01. The van der Waals surface area contributed by atoms with Gasteiger partial charge in [0.25, 0.3) is 0 Å². The highest BCUT2D eigenvalue weighted by atomic mass is 14.9. The van der Waals surface area contributed by atoms with E-state index in [9.17, 15) is 0 Å². The SMILES string of the molecule is Cc1ccccc1NC=NC#N. The first-order valence-electron chi connectivity index (χ1n) is 3.57. The molecular weight excluding hydrogens is 150 g/mol. The van der Waals surface area contributed by atoms with Crippen LogP contribution < -0.4 is 5.32 Å². The molecule has 0 bridgehead atoms. The Morgan fingerprint density at radius 3 is 2.92 bits per heavy atom. The van der Waals surface area contributed by atoms with Crippen molar-refractivity contribution in [2.45, 2.75) is 6.92 Å². The molecule has 0 heterocycles. The van der Waals surface area contributed by atoms with Crippen LogP contribution in [0.2, 0.25) is 0 Å². The summed E-state index contributed by atoms with van der Waals surface area (Å²) in [6.07, 6.45) is 3.04. The predicted octanol–water partition coefficient (Wildman–Crippen LogP) is 1.92. The third kappa shape index (κ3) is 2.10. The summed E-state index contributed by atoms with van der Waals surface area (Å²) < 4.78 is 0. The van der Waals surface area contributed by atoms with Gasteiger partial charge in [-0.05, 0) is 18.6 Å².